The van der Waals surface area contributed by atoms with E-state index < -0.39 is 0 Å². The van der Waals surface area contributed by atoms with E-state index >= 15 is 0 Å². The summed E-state index contributed by atoms with van der Waals surface area (Å²) in [5.41, 5.74) is 3.73. The van der Waals surface area contributed by atoms with Crippen LogP contribution in [0.4, 0.5) is 5.69 Å². The van der Waals surface area contributed by atoms with Gasteiger partial charge in [0.05, 0.1) is 5.69 Å². The first-order valence-corrected chi connectivity index (χ1v) is 4.64. The maximum absolute atomic E-state index is 3.40. The topological polar surface area (TPSA) is 27.8 Å². The number of anilines is 1. The van der Waals surface area contributed by atoms with Crippen molar-refractivity contribution in [3.05, 3.63) is 30.0 Å². The Labute approximate surface area is 78.0 Å². The molecule has 2 aromatic rings. The summed E-state index contributed by atoms with van der Waals surface area (Å²) in [6.45, 7) is 2.16. The lowest BCUT2D eigenvalue weighted by molar-refractivity contribution is 1.07. The number of fused-ring (bicyclic) bond motifs is 1. The van der Waals surface area contributed by atoms with E-state index in [1.54, 1.807) is 0 Å². The number of aromatic amines is 1. The first-order valence-electron chi connectivity index (χ1n) is 4.64. The van der Waals surface area contributed by atoms with Crippen LogP contribution in [0.1, 0.15) is 12.6 Å². The smallest absolute Gasteiger partial charge is 0.0628 e. The lowest BCUT2D eigenvalue weighted by Gasteiger charge is -1.99. The van der Waals surface area contributed by atoms with Crippen LogP contribution in [-0.4, -0.2) is 12.0 Å². The summed E-state index contributed by atoms with van der Waals surface area (Å²) in [6.07, 6.45) is 1.03. The van der Waals surface area contributed by atoms with Crippen LogP contribution in [-0.2, 0) is 6.42 Å². The maximum atomic E-state index is 3.40. The molecule has 1 heterocycles. The summed E-state index contributed by atoms with van der Waals surface area (Å²) in [5.74, 6) is 0. The van der Waals surface area contributed by atoms with Gasteiger partial charge in [-0.05, 0) is 12.5 Å². The van der Waals surface area contributed by atoms with E-state index in [0.717, 1.165) is 6.42 Å². The highest BCUT2D eigenvalue weighted by Gasteiger charge is 2.06. The van der Waals surface area contributed by atoms with Gasteiger partial charge in [-0.3, -0.25) is 0 Å². The molecule has 0 fully saturated rings. The molecule has 1 aromatic heterocycles. The summed E-state index contributed by atoms with van der Waals surface area (Å²) in [6, 6.07) is 8.36. The van der Waals surface area contributed by atoms with Crippen molar-refractivity contribution in [2.45, 2.75) is 13.3 Å². The van der Waals surface area contributed by atoms with Gasteiger partial charge in [0.15, 0.2) is 0 Å². The number of benzene rings is 1. The molecule has 2 N–H and O–H groups in total. The first kappa shape index (κ1) is 8.17. The molecule has 0 bridgehead atoms. The monoisotopic (exact) mass is 174 g/mol. The second-order valence-electron chi connectivity index (χ2n) is 3.13. The second-order valence-corrected chi connectivity index (χ2v) is 3.13. The molecular weight excluding hydrogens is 160 g/mol. The summed E-state index contributed by atoms with van der Waals surface area (Å²) >= 11 is 0. The van der Waals surface area contributed by atoms with Crippen LogP contribution in [0.3, 0.4) is 0 Å². The standard InChI is InChI=1S/C11H14N2/c1-3-9-11(12-2)8-6-4-5-7-10(8)13-9/h4-7,12-13H,3H2,1-2H3. The molecule has 0 radical (unpaired) electrons. The number of aromatic nitrogens is 1. The van der Waals surface area contributed by atoms with Crippen molar-refractivity contribution in [2.75, 3.05) is 12.4 Å². The van der Waals surface area contributed by atoms with Crippen LogP contribution in [0.25, 0.3) is 10.9 Å². The van der Waals surface area contributed by atoms with Crippen molar-refractivity contribution in [2.24, 2.45) is 0 Å². The normalized spacial score (nSPS) is 10.6. The minimum absolute atomic E-state index is 1.03. The van der Waals surface area contributed by atoms with Gasteiger partial charge in [-0.15, -0.1) is 0 Å². The zero-order valence-corrected chi connectivity index (χ0v) is 8.02. The Hall–Kier alpha value is -1.44. The molecule has 2 rings (SSSR count). The number of H-pyrrole nitrogens is 1. The van der Waals surface area contributed by atoms with E-state index in [1.165, 1.54) is 22.3 Å². The Morgan fingerprint density at radius 3 is 2.77 bits per heavy atom. The fourth-order valence-corrected chi connectivity index (χ4v) is 1.75. The summed E-state index contributed by atoms with van der Waals surface area (Å²) in [4.78, 5) is 3.40. The Balaban J connectivity index is 2.73. The molecule has 0 spiro atoms. The van der Waals surface area contributed by atoms with Crippen molar-refractivity contribution in [3.63, 3.8) is 0 Å². The van der Waals surface area contributed by atoms with Gasteiger partial charge < -0.3 is 10.3 Å². The van der Waals surface area contributed by atoms with E-state index in [-0.39, 0.29) is 0 Å². The van der Waals surface area contributed by atoms with Gasteiger partial charge in [0, 0.05) is 23.6 Å². The van der Waals surface area contributed by atoms with Gasteiger partial charge in [-0.25, -0.2) is 0 Å². The van der Waals surface area contributed by atoms with E-state index in [4.69, 9.17) is 0 Å². The van der Waals surface area contributed by atoms with Gasteiger partial charge in [0.25, 0.3) is 0 Å². The Morgan fingerprint density at radius 2 is 2.08 bits per heavy atom. The lowest BCUT2D eigenvalue weighted by Crippen LogP contribution is -1.91. The van der Waals surface area contributed by atoms with Crippen molar-refractivity contribution in [3.8, 4) is 0 Å². The SMILES string of the molecule is CCc1[nH]c2ccccc2c1NC. The van der Waals surface area contributed by atoms with Crippen molar-refractivity contribution < 1.29 is 0 Å². The minimum atomic E-state index is 1.03. The van der Waals surface area contributed by atoms with E-state index in [9.17, 15) is 0 Å². The third kappa shape index (κ3) is 1.18. The van der Waals surface area contributed by atoms with Crippen LogP contribution in [0, 0.1) is 0 Å². The van der Waals surface area contributed by atoms with Crippen LogP contribution in [0.2, 0.25) is 0 Å². The van der Waals surface area contributed by atoms with E-state index in [0.29, 0.717) is 0 Å². The van der Waals surface area contributed by atoms with Gasteiger partial charge in [0.2, 0.25) is 0 Å². The number of hydrogen-bond acceptors (Lipinski definition) is 1. The molecule has 1 aromatic carbocycles. The molecule has 0 saturated carbocycles. The number of para-hydroxylation sites is 1. The van der Waals surface area contributed by atoms with Crippen molar-refractivity contribution in [1.82, 2.24) is 4.98 Å². The van der Waals surface area contributed by atoms with Gasteiger partial charge >= 0.3 is 0 Å². The molecular formula is C11H14N2. The van der Waals surface area contributed by atoms with Crippen molar-refractivity contribution >= 4 is 16.6 Å². The molecule has 0 atom stereocenters. The highest BCUT2D eigenvalue weighted by molar-refractivity contribution is 5.94. The highest BCUT2D eigenvalue weighted by Crippen LogP contribution is 2.27. The summed E-state index contributed by atoms with van der Waals surface area (Å²) in [7, 11) is 1.97. The number of aryl methyl sites for hydroxylation is 1. The second kappa shape index (κ2) is 3.13. The average molecular weight is 174 g/mol. The highest BCUT2D eigenvalue weighted by atomic mass is 14.9. The van der Waals surface area contributed by atoms with Crippen LogP contribution in [0.15, 0.2) is 24.3 Å². The molecule has 2 heteroatoms. The predicted octanol–water partition coefficient (Wildman–Crippen LogP) is 2.77. The fourth-order valence-electron chi connectivity index (χ4n) is 1.75. The quantitative estimate of drug-likeness (QED) is 0.719. The molecule has 0 aliphatic carbocycles. The van der Waals surface area contributed by atoms with Gasteiger partial charge in [-0.1, -0.05) is 25.1 Å². The summed E-state index contributed by atoms with van der Waals surface area (Å²) < 4.78 is 0. The van der Waals surface area contributed by atoms with Gasteiger partial charge in [-0.2, -0.15) is 0 Å². The molecule has 0 amide bonds. The number of nitrogens with one attached hydrogen (secondary N) is 2. The number of hydrogen-bond donors (Lipinski definition) is 2. The third-order valence-corrected chi connectivity index (χ3v) is 2.39. The molecule has 0 aliphatic rings. The summed E-state index contributed by atoms with van der Waals surface area (Å²) in [5, 5.41) is 4.52. The van der Waals surface area contributed by atoms with E-state index in [2.05, 4.69) is 41.5 Å². The largest absolute Gasteiger partial charge is 0.386 e. The molecule has 68 valence electrons. The molecule has 0 unspecified atom stereocenters. The molecule has 0 aliphatic heterocycles. The van der Waals surface area contributed by atoms with Gasteiger partial charge in [0.1, 0.15) is 0 Å². The Morgan fingerprint density at radius 1 is 1.31 bits per heavy atom. The predicted molar refractivity (Wildman–Crippen MR) is 57.2 cm³/mol. The molecule has 2 nitrogen and oxygen atoms in total. The minimum Gasteiger partial charge on any atom is -0.386 e. The Bertz CT molecular complexity index is 415. The van der Waals surface area contributed by atoms with Crippen molar-refractivity contribution in [1.29, 1.82) is 0 Å². The van der Waals surface area contributed by atoms with Crippen LogP contribution in [0.5, 0.6) is 0 Å². The maximum Gasteiger partial charge on any atom is 0.0628 e. The first-order chi connectivity index (χ1) is 6.36. The molecule has 0 saturated heterocycles. The van der Waals surface area contributed by atoms with Crippen LogP contribution >= 0.6 is 0 Å². The number of rotatable bonds is 2. The zero-order chi connectivity index (χ0) is 9.26. The molecule has 13 heavy (non-hydrogen) atoms. The lowest BCUT2D eigenvalue weighted by atomic mass is 10.2. The third-order valence-electron chi connectivity index (χ3n) is 2.39. The van der Waals surface area contributed by atoms with Crippen LogP contribution < -0.4 is 5.32 Å². The van der Waals surface area contributed by atoms with E-state index in [1.807, 2.05) is 7.05 Å². The fraction of sp³-hybridized carbons (Fsp3) is 0.273. The Kier molecular flexibility index (Phi) is 1.97. The zero-order valence-electron chi connectivity index (χ0n) is 8.02. The average Bonchev–Trinajstić information content (AvgIpc) is 2.55.